The maximum absolute atomic E-state index is 10.7. The fourth-order valence-corrected chi connectivity index (χ4v) is 2.07. The molecule has 1 heterocycles. The van der Waals surface area contributed by atoms with Crippen LogP contribution in [0.3, 0.4) is 0 Å². The predicted octanol–water partition coefficient (Wildman–Crippen LogP) is 3.74. The van der Waals surface area contributed by atoms with Gasteiger partial charge in [0.15, 0.2) is 0 Å². The van der Waals surface area contributed by atoms with Crippen molar-refractivity contribution in [2.45, 2.75) is 32.6 Å². The number of carboxylic acids is 1. The van der Waals surface area contributed by atoms with Crippen LogP contribution < -0.4 is 4.74 Å². The number of aromatic carboxylic acids is 1. The molecule has 0 amide bonds. The molecule has 0 bridgehead atoms. The minimum absolute atomic E-state index is 0.0809. The lowest BCUT2D eigenvalue weighted by Crippen LogP contribution is -2.01. The number of nitrogens with zero attached hydrogens (tertiary/aromatic N) is 1. The Labute approximate surface area is 130 Å². The monoisotopic (exact) mass is 299 g/mol. The van der Waals surface area contributed by atoms with Crippen LogP contribution in [0.15, 0.2) is 42.6 Å². The van der Waals surface area contributed by atoms with Gasteiger partial charge in [0.2, 0.25) is 0 Å². The van der Waals surface area contributed by atoms with Crippen LogP contribution in [0.1, 0.15) is 41.4 Å². The molecule has 0 spiro atoms. The van der Waals surface area contributed by atoms with E-state index in [0.717, 1.165) is 43.6 Å². The fourth-order valence-electron chi connectivity index (χ4n) is 2.07. The minimum atomic E-state index is -0.995. The Morgan fingerprint density at radius 3 is 2.36 bits per heavy atom. The molecule has 0 aliphatic rings. The van der Waals surface area contributed by atoms with Crippen LogP contribution >= 0.6 is 0 Å². The van der Waals surface area contributed by atoms with Crippen LogP contribution in [0, 0.1) is 0 Å². The third-order valence-corrected chi connectivity index (χ3v) is 3.44. The Hall–Kier alpha value is -2.36. The number of unbranched alkanes of at least 4 members (excludes halogenated alkanes) is 1. The zero-order chi connectivity index (χ0) is 15.8. The maximum atomic E-state index is 10.7. The van der Waals surface area contributed by atoms with Crippen molar-refractivity contribution in [3.8, 4) is 5.75 Å². The molecule has 0 aliphatic heterocycles. The van der Waals surface area contributed by atoms with Crippen LogP contribution in [0.25, 0.3) is 0 Å². The zero-order valence-electron chi connectivity index (χ0n) is 12.8. The molecule has 1 aromatic carbocycles. The summed E-state index contributed by atoms with van der Waals surface area (Å²) in [6.07, 6.45) is 5.56. The van der Waals surface area contributed by atoms with Crippen molar-refractivity contribution < 1.29 is 14.6 Å². The number of carboxylic acid groups (broad SMARTS) is 1. The quantitative estimate of drug-likeness (QED) is 0.754. The van der Waals surface area contributed by atoms with Gasteiger partial charge in [0.25, 0.3) is 0 Å². The largest absolute Gasteiger partial charge is 0.494 e. The number of aromatic nitrogens is 1. The molecule has 2 aromatic rings. The first-order valence-electron chi connectivity index (χ1n) is 7.59. The fraction of sp³-hybridized carbons (Fsp3) is 0.333. The summed E-state index contributed by atoms with van der Waals surface area (Å²) >= 11 is 0. The molecule has 0 atom stereocenters. The number of carbonyl (C=O) groups is 1. The highest BCUT2D eigenvalue weighted by atomic mass is 16.5. The number of aryl methyl sites for hydroxylation is 2. The first kappa shape index (κ1) is 16.0. The van der Waals surface area contributed by atoms with Gasteiger partial charge in [-0.05, 0) is 48.6 Å². The summed E-state index contributed by atoms with van der Waals surface area (Å²) in [6.45, 7) is 2.90. The highest BCUT2D eigenvalue weighted by Gasteiger charge is 2.04. The maximum Gasteiger partial charge on any atom is 0.354 e. The third-order valence-electron chi connectivity index (χ3n) is 3.44. The Balaban J connectivity index is 1.84. The smallest absolute Gasteiger partial charge is 0.354 e. The van der Waals surface area contributed by atoms with E-state index in [1.807, 2.05) is 18.2 Å². The van der Waals surface area contributed by atoms with E-state index in [9.17, 15) is 4.79 Å². The summed E-state index contributed by atoms with van der Waals surface area (Å²) < 4.78 is 5.63. The van der Waals surface area contributed by atoms with Crippen LogP contribution in [0.2, 0.25) is 0 Å². The zero-order valence-corrected chi connectivity index (χ0v) is 12.8. The molecule has 1 aromatic heterocycles. The first-order chi connectivity index (χ1) is 10.7. The second kappa shape index (κ2) is 8.17. The van der Waals surface area contributed by atoms with Gasteiger partial charge in [-0.1, -0.05) is 31.5 Å². The van der Waals surface area contributed by atoms with E-state index in [1.165, 1.54) is 5.56 Å². The van der Waals surface area contributed by atoms with Crippen molar-refractivity contribution >= 4 is 5.97 Å². The van der Waals surface area contributed by atoms with E-state index in [4.69, 9.17) is 9.84 Å². The van der Waals surface area contributed by atoms with Crippen molar-refractivity contribution in [2.24, 2.45) is 0 Å². The van der Waals surface area contributed by atoms with Gasteiger partial charge in [-0.2, -0.15) is 0 Å². The average Bonchev–Trinajstić information content (AvgIpc) is 2.55. The second-order valence-electron chi connectivity index (χ2n) is 5.20. The summed E-state index contributed by atoms with van der Waals surface area (Å²) in [7, 11) is 0. The summed E-state index contributed by atoms with van der Waals surface area (Å²) in [5.74, 6) is -0.0881. The van der Waals surface area contributed by atoms with E-state index in [2.05, 4.69) is 24.0 Å². The number of ether oxygens (including phenoxy) is 1. The lowest BCUT2D eigenvalue weighted by atomic mass is 10.1. The summed E-state index contributed by atoms with van der Waals surface area (Å²) in [6, 6.07) is 11.5. The van der Waals surface area contributed by atoms with E-state index in [1.54, 1.807) is 12.3 Å². The van der Waals surface area contributed by atoms with E-state index in [-0.39, 0.29) is 5.69 Å². The minimum Gasteiger partial charge on any atom is -0.494 e. The molecule has 1 N–H and O–H groups in total. The molecule has 0 aliphatic carbocycles. The van der Waals surface area contributed by atoms with Gasteiger partial charge >= 0.3 is 5.97 Å². The number of hydrogen-bond donors (Lipinski definition) is 1. The standard InChI is InChI=1S/C18H21NO3/c1-2-3-12-22-16-9-6-14(7-10-16)4-5-15-8-11-17(18(20)21)19-13-15/h6-11,13H,2-5,12H2,1H3,(H,20,21). The molecule has 0 saturated heterocycles. The first-order valence-corrected chi connectivity index (χ1v) is 7.59. The van der Waals surface area contributed by atoms with Gasteiger partial charge in [-0.3, -0.25) is 0 Å². The Morgan fingerprint density at radius 1 is 1.09 bits per heavy atom. The Bertz CT molecular complexity index is 591. The van der Waals surface area contributed by atoms with Crippen molar-refractivity contribution in [1.82, 2.24) is 4.98 Å². The molecular formula is C18H21NO3. The molecule has 0 fully saturated rings. The number of pyridine rings is 1. The summed E-state index contributed by atoms with van der Waals surface area (Å²) in [4.78, 5) is 14.7. The normalized spacial score (nSPS) is 10.4. The van der Waals surface area contributed by atoms with Gasteiger partial charge in [0.05, 0.1) is 6.61 Å². The lowest BCUT2D eigenvalue weighted by molar-refractivity contribution is 0.0690. The van der Waals surface area contributed by atoms with Gasteiger partial charge in [0, 0.05) is 6.20 Å². The predicted molar refractivity (Wildman–Crippen MR) is 85.4 cm³/mol. The Morgan fingerprint density at radius 2 is 1.77 bits per heavy atom. The Kier molecular flexibility index (Phi) is 5.95. The number of benzene rings is 1. The van der Waals surface area contributed by atoms with Crippen molar-refractivity contribution in [2.75, 3.05) is 6.61 Å². The van der Waals surface area contributed by atoms with Gasteiger partial charge in [-0.25, -0.2) is 9.78 Å². The number of rotatable bonds is 8. The van der Waals surface area contributed by atoms with Crippen LogP contribution in [0.5, 0.6) is 5.75 Å². The topological polar surface area (TPSA) is 59.4 Å². The van der Waals surface area contributed by atoms with E-state index < -0.39 is 5.97 Å². The third kappa shape index (κ3) is 4.88. The molecular weight excluding hydrogens is 278 g/mol. The van der Waals surface area contributed by atoms with Crippen LogP contribution in [-0.2, 0) is 12.8 Å². The SMILES string of the molecule is CCCCOc1ccc(CCc2ccc(C(=O)O)nc2)cc1. The number of hydrogen-bond acceptors (Lipinski definition) is 3. The van der Waals surface area contributed by atoms with E-state index in [0.29, 0.717) is 0 Å². The van der Waals surface area contributed by atoms with Crippen molar-refractivity contribution in [3.05, 3.63) is 59.4 Å². The van der Waals surface area contributed by atoms with Gasteiger partial charge < -0.3 is 9.84 Å². The molecule has 22 heavy (non-hydrogen) atoms. The summed E-state index contributed by atoms with van der Waals surface area (Å²) in [5.41, 5.74) is 2.34. The molecule has 116 valence electrons. The summed E-state index contributed by atoms with van der Waals surface area (Å²) in [5, 5.41) is 8.81. The van der Waals surface area contributed by atoms with Gasteiger partial charge in [0.1, 0.15) is 11.4 Å². The second-order valence-corrected chi connectivity index (χ2v) is 5.20. The average molecular weight is 299 g/mol. The van der Waals surface area contributed by atoms with Gasteiger partial charge in [-0.15, -0.1) is 0 Å². The van der Waals surface area contributed by atoms with Crippen molar-refractivity contribution in [1.29, 1.82) is 0 Å². The van der Waals surface area contributed by atoms with Crippen LogP contribution in [-0.4, -0.2) is 22.7 Å². The molecule has 0 saturated carbocycles. The van der Waals surface area contributed by atoms with E-state index >= 15 is 0 Å². The van der Waals surface area contributed by atoms with Crippen molar-refractivity contribution in [3.63, 3.8) is 0 Å². The molecule has 0 radical (unpaired) electrons. The molecule has 2 rings (SSSR count). The lowest BCUT2D eigenvalue weighted by Gasteiger charge is -2.07. The molecule has 4 heteroatoms. The van der Waals surface area contributed by atoms with Crippen LogP contribution in [0.4, 0.5) is 0 Å². The molecule has 0 unspecified atom stereocenters. The highest BCUT2D eigenvalue weighted by molar-refractivity contribution is 5.85. The molecule has 4 nitrogen and oxygen atoms in total. The highest BCUT2D eigenvalue weighted by Crippen LogP contribution is 2.14.